The van der Waals surface area contributed by atoms with E-state index in [0.29, 0.717) is 12.5 Å². The van der Waals surface area contributed by atoms with Crippen LogP contribution in [0.5, 0.6) is 0 Å². The molecule has 0 radical (unpaired) electrons. The van der Waals surface area contributed by atoms with Crippen LogP contribution in [0.3, 0.4) is 0 Å². The molecule has 0 saturated heterocycles. The first-order valence-electron chi connectivity index (χ1n) is 7.35. The summed E-state index contributed by atoms with van der Waals surface area (Å²) in [6, 6.07) is 7.94. The Balaban J connectivity index is 2.31. The number of nitrogens with one attached hydrogen (secondary N) is 1. The number of hydrogen-bond donors (Lipinski definition) is 2. The van der Waals surface area contributed by atoms with E-state index in [2.05, 4.69) is 21.2 Å². The predicted octanol–water partition coefficient (Wildman–Crippen LogP) is 4.06. The van der Waals surface area contributed by atoms with Gasteiger partial charge < -0.3 is 5.11 Å². The molecule has 1 fully saturated rings. The van der Waals surface area contributed by atoms with E-state index in [1.165, 1.54) is 19.3 Å². The maximum atomic E-state index is 12.0. The zero-order valence-corrected chi connectivity index (χ0v) is 13.4. The van der Waals surface area contributed by atoms with Crippen LogP contribution in [-0.2, 0) is 10.3 Å². The normalized spacial score (nSPS) is 19.5. The predicted molar refractivity (Wildman–Crippen MR) is 83.8 cm³/mol. The molecule has 0 aromatic heterocycles. The maximum Gasteiger partial charge on any atom is 0.328 e. The van der Waals surface area contributed by atoms with Gasteiger partial charge in [0.2, 0.25) is 0 Å². The summed E-state index contributed by atoms with van der Waals surface area (Å²) in [6.45, 7) is 1.94. The van der Waals surface area contributed by atoms with Crippen LogP contribution in [0.2, 0.25) is 0 Å². The van der Waals surface area contributed by atoms with E-state index in [0.717, 1.165) is 22.9 Å². The lowest BCUT2D eigenvalue weighted by atomic mass is 9.84. The summed E-state index contributed by atoms with van der Waals surface area (Å²) < 4.78 is 0.916. The number of halogens is 1. The Morgan fingerprint density at radius 3 is 2.65 bits per heavy atom. The maximum absolute atomic E-state index is 12.0. The number of carbonyl (C=O) groups is 1. The van der Waals surface area contributed by atoms with Gasteiger partial charge in [-0.2, -0.15) is 0 Å². The van der Waals surface area contributed by atoms with Crippen molar-refractivity contribution < 1.29 is 9.90 Å². The third-order valence-corrected chi connectivity index (χ3v) is 4.76. The van der Waals surface area contributed by atoms with Crippen LogP contribution in [-0.4, -0.2) is 17.1 Å². The SMILES string of the molecule is CCC(NC1CCCCC1)(C(=O)O)c1cccc(Br)c1. The van der Waals surface area contributed by atoms with Gasteiger partial charge in [0, 0.05) is 10.5 Å². The number of rotatable bonds is 5. The quantitative estimate of drug-likeness (QED) is 0.850. The Kier molecular flexibility index (Phi) is 5.22. The highest BCUT2D eigenvalue weighted by molar-refractivity contribution is 9.10. The van der Waals surface area contributed by atoms with Crippen molar-refractivity contribution in [3.8, 4) is 0 Å². The highest BCUT2D eigenvalue weighted by Gasteiger charge is 2.40. The molecule has 3 nitrogen and oxygen atoms in total. The molecule has 1 saturated carbocycles. The Labute approximate surface area is 128 Å². The van der Waals surface area contributed by atoms with Gasteiger partial charge in [0.05, 0.1) is 0 Å². The molecule has 0 bridgehead atoms. The van der Waals surface area contributed by atoms with Crippen molar-refractivity contribution in [1.82, 2.24) is 5.32 Å². The highest BCUT2D eigenvalue weighted by atomic mass is 79.9. The largest absolute Gasteiger partial charge is 0.480 e. The molecule has 2 rings (SSSR count). The molecule has 1 aromatic carbocycles. The van der Waals surface area contributed by atoms with Gasteiger partial charge in [-0.15, -0.1) is 0 Å². The van der Waals surface area contributed by atoms with Crippen molar-refractivity contribution in [3.63, 3.8) is 0 Å². The fraction of sp³-hybridized carbons (Fsp3) is 0.562. The van der Waals surface area contributed by atoms with Crippen LogP contribution in [0.15, 0.2) is 28.7 Å². The lowest BCUT2D eigenvalue weighted by Gasteiger charge is -2.36. The van der Waals surface area contributed by atoms with Gasteiger partial charge in [-0.1, -0.05) is 54.2 Å². The Hall–Kier alpha value is -0.870. The van der Waals surface area contributed by atoms with E-state index < -0.39 is 11.5 Å². The first kappa shape index (κ1) is 15.5. The molecule has 1 aliphatic rings. The number of benzene rings is 1. The van der Waals surface area contributed by atoms with E-state index in [-0.39, 0.29) is 0 Å². The summed E-state index contributed by atoms with van der Waals surface area (Å²) in [7, 11) is 0. The van der Waals surface area contributed by atoms with Crippen molar-refractivity contribution in [1.29, 1.82) is 0 Å². The summed E-state index contributed by atoms with van der Waals surface area (Å²) in [5.74, 6) is -0.788. The number of hydrogen-bond acceptors (Lipinski definition) is 2. The molecule has 0 aliphatic heterocycles. The molecule has 2 N–H and O–H groups in total. The van der Waals surface area contributed by atoms with Crippen LogP contribution < -0.4 is 5.32 Å². The summed E-state index contributed by atoms with van der Waals surface area (Å²) in [6.07, 6.45) is 6.33. The molecule has 4 heteroatoms. The van der Waals surface area contributed by atoms with Crippen molar-refractivity contribution in [2.45, 2.75) is 57.0 Å². The molecule has 0 amide bonds. The minimum Gasteiger partial charge on any atom is -0.480 e. The Morgan fingerprint density at radius 2 is 2.10 bits per heavy atom. The zero-order chi connectivity index (χ0) is 14.6. The van der Waals surface area contributed by atoms with E-state index in [4.69, 9.17) is 0 Å². The summed E-state index contributed by atoms with van der Waals surface area (Å²) in [5.41, 5.74) is -0.154. The molecule has 0 heterocycles. The Morgan fingerprint density at radius 1 is 1.40 bits per heavy atom. The summed E-state index contributed by atoms with van der Waals surface area (Å²) >= 11 is 3.44. The average Bonchev–Trinajstić information content (AvgIpc) is 2.45. The van der Waals surface area contributed by atoms with E-state index in [1.54, 1.807) is 0 Å². The van der Waals surface area contributed by atoms with E-state index in [9.17, 15) is 9.90 Å². The van der Waals surface area contributed by atoms with Gasteiger partial charge in [0.1, 0.15) is 5.54 Å². The first-order valence-corrected chi connectivity index (χ1v) is 8.15. The fourth-order valence-electron chi connectivity index (χ4n) is 3.08. The van der Waals surface area contributed by atoms with Gasteiger partial charge in [-0.05, 0) is 37.0 Å². The minimum atomic E-state index is -0.980. The number of carboxylic acids is 1. The third kappa shape index (κ3) is 3.23. The molecule has 110 valence electrons. The van der Waals surface area contributed by atoms with Crippen LogP contribution >= 0.6 is 15.9 Å². The van der Waals surface area contributed by atoms with Crippen molar-refractivity contribution in [2.75, 3.05) is 0 Å². The molecule has 1 aliphatic carbocycles. The van der Waals surface area contributed by atoms with E-state index in [1.807, 2.05) is 31.2 Å². The smallest absolute Gasteiger partial charge is 0.328 e. The Bertz CT molecular complexity index is 471. The van der Waals surface area contributed by atoms with Crippen LogP contribution in [0, 0.1) is 0 Å². The monoisotopic (exact) mass is 339 g/mol. The van der Waals surface area contributed by atoms with Crippen LogP contribution in [0.1, 0.15) is 51.0 Å². The molecule has 0 spiro atoms. The van der Waals surface area contributed by atoms with Gasteiger partial charge in [0.15, 0.2) is 0 Å². The van der Waals surface area contributed by atoms with Crippen LogP contribution in [0.4, 0.5) is 0 Å². The van der Waals surface area contributed by atoms with Gasteiger partial charge in [0.25, 0.3) is 0 Å². The molecule has 1 atom stereocenters. The zero-order valence-electron chi connectivity index (χ0n) is 11.9. The molecule has 20 heavy (non-hydrogen) atoms. The second-order valence-electron chi connectivity index (χ2n) is 5.55. The molecule has 1 unspecified atom stereocenters. The van der Waals surface area contributed by atoms with Crippen LogP contribution in [0.25, 0.3) is 0 Å². The average molecular weight is 340 g/mol. The highest BCUT2D eigenvalue weighted by Crippen LogP contribution is 2.31. The molecular formula is C16H22BrNO2. The fourth-order valence-corrected chi connectivity index (χ4v) is 3.47. The lowest BCUT2D eigenvalue weighted by Crippen LogP contribution is -2.53. The van der Waals surface area contributed by atoms with E-state index >= 15 is 0 Å². The van der Waals surface area contributed by atoms with Gasteiger partial charge in [-0.25, -0.2) is 4.79 Å². The van der Waals surface area contributed by atoms with Crippen molar-refractivity contribution in [2.24, 2.45) is 0 Å². The van der Waals surface area contributed by atoms with Gasteiger partial charge in [-0.3, -0.25) is 5.32 Å². The van der Waals surface area contributed by atoms with Gasteiger partial charge >= 0.3 is 5.97 Å². The standard InChI is InChI=1S/C16H22BrNO2/c1-2-16(15(19)20,12-7-6-8-13(17)11-12)18-14-9-4-3-5-10-14/h6-8,11,14,18H,2-5,9-10H2,1H3,(H,19,20). The third-order valence-electron chi connectivity index (χ3n) is 4.27. The first-order chi connectivity index (χ1) is 9.58. The topological polar surface area (TPSA) is 49.3 Å². The second-order valence-corrected chi connectivity index (χ2v) is 6.47. The van der Waals surface area contributed by atoms with Crippen molar-refractivity contribution in [3.05, 3.63) is 34.3 Å². The number of carboxylic acid groups (broad SMARTS) is 1. The molecular weight excluding hydrogens is 318 g/mol. The lowest BCUT2D eigenvalue weighted by molar-refractivity contribution is -0.146. The minimum absolute atomic E-state index is 0.304. The summed E-state index contributed by atoms with van der Waals surface area (Å²) in [4.78, 5) is 12.0. The molecule has 1 aromatic rings. The number of aliphatic carboxylic acids is 1. The van der Waals surface area contributed by atoms with Crippen molar-refractivity contribution >= 4 is 21.9 Å². The summed E-state index contributed by atoms with van der Waals surface area (Å²) in [5, 5.41) is 13.3. The second kappa shape index (κ2) is 6.72.